The molecule has 6 nitrogen and oxygen atoms in total. The van der Waals surface area contributed by atoms with Crippen molar-refractivity contribution in [3.8, 4) is 5.75 Å². The lowest BCUT2D eigenvalue weighted by Crippen LogP contribution is -2.01. The van der Waals surface area contributed by atoms with E-state index < -0.39 is 4.92 Å². The van der Waals surface area contributed by atoms with Gasteiger partial charge in [0, 0.05) is 28.9 Å². The Morgan fingerprint density at radius 1 is 0.893 bits per heavy atom. The summed E-state index contributed by atoms with van der Waals surface area (Å²) < 4.78 is 5.20. The van der Waals surface area contributed by atoms with Crippen molar-refractivity contribution in [2.24, 2.45) is 0 Å². The Morgan fingerprint density at radius 2 is 1.54 bits per heavy atom. The molecule has 28 heavy (non-hydrogen) atoms. The smallest absolute Gasteiger partial charge is 0.269 e. The van der Waals surface area contributed by atoms with Crippen LogP contribution in [0.25, 0.3) is 11.3 Å². The molecule has 1 aliphatic carbocycles. The number of methoxy groups -OCH3 is 1. The number of ether oxygens (including phenoxy) is 1. The first-order valence-corrected chi connectivity index (χ1v) is 8.63. The Kier molecular flexibility index (Phi) is 4.37. The summed E-state index contributed by atoms with van der Waals surface area (Å²) in [6, 6.07) is 20.8. The normalized spacial score (nSPS) is 12.7. The Hall–Kier alpha value is -3.93. The van der Waals surface area contributed by atoms with E-state index in [0.717, 1.165) is 11.1 Å². The Morgan fingerprint density at radius 3 is 2.14 bits per heavy atom. The number of allylic oxidation sites excluding steroid dienone is 1. The zero-order valence-corrected chi connectivity index (χ0v) is 15.0. The monoisotopic (exact) mass is 372 g/mol. The van der Waals surface area contributed by atoms with Crippen LogP contribution in [0.1, 0.15) is 21.5 Å². The van der Waals surface area contributed by atoms with Crippen molar-refractivity contribution < 1.29 is 14.5 Å². The molecule has 1 N–H and O–H groups in total. The zero-order valence-electron chi connectivity index (χ0n) is 15.0. The number of nitrogens with one attached hydrogen (secondary N) is 1. The summed E-state index contributed by atoms with van der Waals surface area (Å²) in [5, 5.41) is 14.1. The third-order valence-corrected chi connectivity index (χ3v) is 4.64. The van der Waals surface area contributed by atoms with Crippen LogP contribution in [0.5, 0.6) is 5.75 Å². The van der Waals surface area contributed by atoms with Crippen molar-refractivity contribution >= 4 is 28.4 Å². The lowest BCUT2D eigenvalue weighted by molar-refractivity contribution is -0.384. The molecule has 3 aromatic rings. The van der Waals surface area contributed by atoms with Gasteiger partial charge in [-0.3, -0.25) is 14.9 Å². The van der Waals surface area contributed by atoms with Crippen molar-refractivity contribution in [2.45, 2.75) is 0 Å². The summed E-state index contributed by atoms with van der Waals surface area (Å²) in [4.78, 5) is 23.5. The maximum atomic E-state index is 13.1. The molecular weight excluding hydrogens is 356 g/mol. The quantitative estimate of drug-likeness (QED) is 0.515. The van der Waals surface area contributed by atoms with Crippen LogP contribution in [-0.2, 0) is 0 Å². The zero-order chi connectivity index (χ0) is 19.7. The topological polar surface area (TPSA) is 81.5 Å². The van der Waals surface area contributed by atoms with Crippen LogP contribution < -0.4 is 10.1 Å². The highest BCUT2D eigenvalue weighted by molar-refractivity contribution is 6.40. The van der Waals surface area contributed by atoms with Gasteiger partial charge in [0.05, 0.1) is 23.3 Å². The molecule has 0 radical (unpaired) electrons. The van der Waals surface area contributed by atoms with Gasteiger partial charge in [-0.15, -0.1) is 0 Å². The van der Waals surface area contributed by atoms with E-state index in [4.69, 9.17) is 4.74 Å². The number of fused-ring (bicyclic) bond motifs is 1. The molecule has 0 atom stereocenters. The molecule has 4 rings (SSSR count). The first-order chi connectivity index (χ1) is 13.6. The van der Waals surface area contributed by atoms with Gasteiger partial charge in [-0.25, -0.2) is 0 Å². The number of anilines is 1. The van der Waals surface area contributed by atoms with Gasteiger partial charge in [-0.05, 0) is 29.8 Å². The number of carbonyl (C=O) groups excluding carboxylic acids is 1. The molecular formula is C22H16N2O4. The predicted octanol–water partition coefficient (Wildman–Crippen LogP) is 4.78. The number of Topliss-reactive ketones (excluding diaryl/α,β-unsaturated/α-hetero) is 1. The highest BCUT2D eigenvalue weighted by atomic mass is 16.6. The minimum absolute atomic E-state index is 0.0119. The summed E-state index contributed by atoms with van der Waals surface area (Å²) in [6.45, 7) is 0. The van der Waals surface area contributed by atoms with Crippen LogP contribution in [0.2, 0.25) is 0 Å². The number of nitro benzene ring substituents is 1. The van der Waals surface area contributed by atoms with Crippen molar-refractivity contribution in [2.75, 3.05) is 12.4 Å². The number of non-ortho nitro benzene ring substituents is 1. The van der Waals surface area contributed by atoms with Crippen LogP contribution in [0.3, 0.4) is 0 Å². The van der Waals surface area contributed by atoms with Gasteiger partial charge in [0.15, 0.2) is 5.78 Å². The summed E-state index contributed by atoms with van der Waals surface area (Å²) in [5.74, 6) is 0.641. The van der Waals surface area contributed by atoms with E-state index in [9.17, 15) is 14.9 Å². The molecule has 0 heterocycles. The second-order valence-electron chi connectivity index (χ2n) is 6.28. The van der Waals surface area contributed by atoms with Gasteiger partial charge in [0.2, 0.25) is 0 Å². The van der Waals surface area contributed by atoms with Crippen LogP contribution in [-0.4, -0.2) is 17.8 Å². The number of benzene rings is 3. The lowest BCUT2D eigenvalue weighted by atomic mass is 10.0. The van der Waals surface area contributed by atoms with Crippen LogP contribution in [0, 0.1) is 10.1 Å². The first-order valence-electron chi connectivity index (χ1n) is 8.63. The predicted molar refractivity (Wildman–Crippen MR) is 107 cm³/mol. The van der Waals surface area contributed by atoms with Gasteiger partial charge in [-0.1, -0.05) is 36.4 Å². The molecule has 0 bridgehead atoms. The van der Waals surface area contributed by atoms with E-state index in [-0.39, 0.29) is 11.5 Å². The van der Waals surface area contributed by atoms with Crippen molar-refractivity contribution in [3.63, 3.8) is 0 Å². The maximum Gasteiger partial charge on any atom is 0.269 e. The molecule has 6 heteroatoms. The minimum atomic E-state index is -0.444. The molecule has 1 aliphatic rings. The summed E-state index contributed by atoms with van der Waals surface area (Å²) in [7, 11) is 1.59. The Bertz CT molecular complexity index is 1100. The average Bonchev–Trinajstić information content (AvgIpc) is 3.00. The second-order valence-corrected chi connectivity index (χ2v) is 6.28. The third-order valence-electron chi connectivity index (χ3n) is 4.64. The molecule has 138 valence electrons. The van der Waals surface area contributed by atoms with Crippen LogP contribution >= 0.6 is 0 Å². The maximum absolute atomic E-state index is 13.1. The van der Waals surface area contributed by atoms with E-state index in [1.807, 2.05) is 42.5 Å². The van der Waals surface area contributed by atoms with Gasteiger partial charge in [0.25, 0.3) is 5.69 Å². The van der Waals surface area contributed by atoms with Gasteiger partial charge in [-0.2, -0.15) is 0 Å². The molecule has 0 aromatic heterocycles. The van der Waals surface area contributed by atoms with Crippen LogP contribution in [0.4, 0.5) is 11.4 Å². The number of hydrogen-bond donors (Lipinski definition) is 1. The molecule has 0 saturated heterocycles. The van der Waals surface area contributed by atoms with E-state index >= 15 is 0 Å². The first kappa shape index (κ1) is 17.5. The molecule has 0 fully saturated rings. The van der Waals surface area contributed by atoms with Gasteiger partial charge >= 0.3 is 0 Å². The van der Waals surface area contributed by atoms with Crippen LogP contribution in [0.15, 0.2) is 72.8 Å². The average molecular weight is 372 g/mol. The number of rotatable bonds is 5. The van der Waals surface area contributed by atoms with Gasteiger partial charge in [0.1, 0.15) is 5.75 Å². The highest BCUT2D eigenvalue weighted by Crippen LogP contribution is 2.39. The van der Waals surface area contributed by atoms with Crippen molar-refractivity contribution in [1.29, 1.82) is 0 Å². The molecule has 0 unspecified atom stereocenters. The molecule has 0 aliphatic heterocycles. The van der Waals surface area contributed by atoms with E-state index in [0.29, 0.717) is 28.3 Å². The molecule has 0 saturated carbocycles. The van der Waals surface area contributed by atoms with Gasteiger partial charge < -0.3 is 10.1 Å². The number of nitrogens with zero attached hydrogens (tertiary/aromatic N) is 1. The number of hydrogen-bond acceptors (Lipinski definition) is 5. The summed E-state index contributed by atoms with van der Waals surface area (Å²) in [5.41, 5.74) is 4.11. The van der Waals surface area contributed by atoms with Crippen molar-refractivity contribution in [3.05, 3.63) is 99.6 Å². The third kappa shape index (κ3) is 3.01. The van der Waals surface area contributed by atoms with E-state index in [2.05, 4.69) is 5.32 Å². The molecule has 0 amide bonds. The highest BCUT2D eigenvalue weighted by Gasteiger charge is 2.30. The standard InChI is InChI=1S/C22H16N2O4/c1-28-17-12-6-14(7-13-17)20-21(18-4-2-3-5-19(18)22(20)25)23-15-8-10-16(11-9-15)24(26)27/h2-13,23H,1H3. The fraction of sp³-hybridized carbons (Fsp3) is 0.0455. The number of nitro groups is 1. The fourth-order valence-corrected chi connectivity index (χ4v) is 3.26. The van der Waals surface area contributed by atoms with Crippen molar-refractivity contribution in [1.82, 2.24) is 0 Å². The summed E-state index contributed by atoms with van der Waals surface area (Å²) >= 11 is 0. The molecule has 3 aromatic carbocycles. The Balaban J connectivity index is 1.80. The minimum Gasteiger partial charge on any atom is -0.497 e. The fourth-order valence-electron chi connectivity index (χ4n) is 3.26. The lowest BCUT2D eigenvalue weighted by Gasteiger charge is -2.12. The van der Waals surface area contributed by atoms with E-state index in [1.165, 1.54) is 12.1 Å². The largest absolute Gasteiger partial charge is 0.497 e. The summed E-state index contributed by atoms with van der Waals surface area (Å²) in [6.07, 6.45) is 0. The van der Waals surface area contributed by atoms with E-state index in [1.54, 1.807) is 25.3 Å². The number of ketones is 1. The SMILES string of the molecule is COc1ccc(C2=C(Nc3ccc([N+](=O)[O-])cc3)c3ccccc3C2=O)cc1. The molecule has 0 spiro atoms. The number of carbonyl (C=O) groups is 1. The Labute approximate surface area is 161 Å². The second kappa shape index (κ2) is 7.00.